The number of anilines is 1. The fraction of sp³-hybridized carbons (Fsp3) is 0.100. The Morgan fingerprint density at radius 1 is 1.07 bits per heavy atom. The van der Waals surface area contributed by atoms with Gasteiger partial charge in [0.2, 0.25) is 11.7 Å². The molecule has 1 heterocycles. The number of hydrogen-bond acceptors (Lipinski definition) is 7. The summed E-state index contributed by atoms with van der Waals surface area (Å²) in [7, 11) is -2.16. The van der Waals surface area contributed by atoms with Crippen LogP contribution >= 0.6 is 43.5 Å². The van der Waals surface area contributed by atoms with E-state index in [1.165, 1.54) is 11.9 Å². The Morgan fingerprint density at radius 2 is 1.83 bits per heavy atom. The van der Waals surface area contributed by atoms with Gasteiger partial charge in [0.15, 0.2) is 8.38 Å². The molecule has 0 spiro atoms. The molecule has 0 atom stereocenters. The molecule has 0 aliphatic carbocycles. The Bertz CT molecular complexity index is 1180. The van der Waals surface area contributed by atoms with Crippen molar-refractivity contribution in [2.24, 2.45) is 0 Å². The lowest BCUT2D eigenvalue weighted by Gasteiger charge is -2.25. The van der Waals surface area contributed by atoms with Crippen molar-refractivity contribution in [2.45, 2.75) is 11.8 Å². The van der Waals surface area contributed by atoms with E-state index in [4.69, 9.17) is 27.7 Å². The third-order valence-corrected chi connectivity index (χ3v) is 6.37. The van der Waals surface area contributed by atoms with Crippen molar-refractivity contribution in [2.75, 3.05) is 10.6 Å². The smallest absolute Gasteiger partial charge is 0.223 e. The molecule has 0 unspecified atom stereocenters. The van der Waals surface area contributed by atoms with Crippen LogP contribution in [-0.4, -0.2) is 26.2 Å². The SMILES string of the molecule is Cc1nc(-c2ccc3c(N(CP(O)O)Sc4cc(Cl)cc(Cl)c4)cccc3c2)no1. The highest BCUT2D eigenvalue weighted by atomic mass is 35.5. The average Bonchev–Trinajstić information content (AvgIpc) is 3.12. The summed E-state index contributed by atoms with van der Waals surface area (Å²) in [4.78, 5) is 24.5. The molecule has 0 aliphatic heterocycles. The maximum atomic E-state index is 9.72. The Balaban J connectivity index is 1.75. The number of hydrogen-bond donors (Lipinski definition) is 2. The summed E-state index contributed by atoms with van der Waals surface area (Å²) in [6.07, 6.45) is 0.0506. The van der Waals surface area contributed by atoms with Gasteiger partial charge in [0.1, 0.15) is 0 Å². The molecular weight excluding hydrogens is 464 g/mol. The molecule has 4 aromatic rings. The molecule has 0 bridgehead atoms. The Kier molecular flexibility index (Phi) is 6.48. The largest absolute Gasteiger partial charge is 0.349 e. The number of rotatable bonds is 6. The van der Waals surface area contributed by atoms with Gasteiger partial charge in [-0.05, 0) is 47.7 Å². The predicted octanol–water partition coefficient (Wildman–Crippen LogP) is 6.27. The lowest BCUT2D eigenvalue weighted by molar-refractivity contribution is 0.394. The van der Waals surface area contributed by atoms with Crippen LogP contribution in [0.25, 0.3) is 22.2 Å². The summed E-state index contributed by atoms with van der Waals surface area (Å²) in [5.41, 5.74) is 1.67. The zero-order valence-corrected chi connectivity index (χ0v) is 18.9. The zero-order chi connectivity index (χ0) is 21.3. The molecule has 1 aromatic heterocycles. The maximum Gasteiger partial charge on any atom is 0.223 e. The quantitative estimate of drug-likeness (QED) is 0.249. The molecule has 0 fully saturated rings. The van der Waals surface area contributed by atoms with E-state index in [0.29, 0.717) is 21.8 Å². The second-order valence-corrected chi connectivity index (χ2v) is 9.43. The van der Waals surface area contributed by atoms with Gasteiger partial charge in [-0.25, -0.2) is 0 Å². The second kappa shape index (κ2) is 9.10. The molecule has 30 heavy (non-hydrogen) atoms. The maximum absolute atomic E-state index is 9.72. The summed E-state index contributed by atoms with van der Waals surface area (Å²) in [6, 6.07) is 16.9. The number of aryl methyl sites for hydroxylation is 1. The fourth-order valence-corrected chi connectivity index (χ4v) is 5.47. The van der Waals surface area contributed by atoms with Gasteiger partial charge >= 0.3 is 0 Å². The normalized spacial score (nSPS) is 11.4. The third kappa shape index (κ3) is 4.89. The van der Waals surface area contributed by atoms with Crippen molar-refractivity contribution in [3.8, 4) is 11.4 Å². The van der Waals surface area contributed by atoms with E-state index in [1.807, 2.05) is 40.7 Å². The molecular formula is C20H16Cl2N3O3PS. The highest BCUT2D eigenvalue weighted by Crippen LogP contribution is 2.40. The Morgan fingerprint density at radius 3 is 2.50 bits per heavy atom. The third-order valence-electron chi connectivity index (χ3n) is 4.22. The van der Waals surface area contributed by atoms with Gasteiger partial charge in [-0.3, -0.25) is 0 Å². The minimum Gasteiger partial charge on any atom is -0.349 e. The van der Waals surface area contributed by atoms with Crippen LogP contribution in [0.5, 0.6) is 0 Å². The van der Waals surface area contributed by atoms with Crippen LogP contribution in [0.3, 0.4) is 0 Å². The topological polar surface area (TPSA) is 82.6 Å². The second-order valence-electron chi connectivity index (χ2n) is 6.44. The van der Waals surface area contributed by atoms with E-state index >= 15 is 0 Å². The molecule has 2 N–H and O–H groups in total. The summed E-state index contributed by atoms with van der Waals surface area (Å²) in [6.45, 7) is 1.74. The van der Waals surface area contributed by atoms with Gasteiger partial charge in [0, 0.05) is 32.8 Å². The summed E-state index contributed by atoms with van der Waals surface area (Å²) < 4.78 is 6.90. The molecule has 0 aliphatic rings. The van der Waals surface area contributed by atoms with Crippen molar-refractivity contribution >= 4 is 60.0 Å². The van der Waals surface area contributed by atoms with Crippen LogP contribution in [0, 0.1) is 6.92 Å². The average molecular weight is 480 g/mol. The summed E-state index contributed by atoms with van der Waals surface area (Å²) in [5.74, 6) is 1.02. The van der Waals surface area contributed by atoms with Crippen LogP contribution in [0.15, 0.2) is 64.0 Å². The van der Waals surface area contributed by atoms with E-state index in [1.54, 1.807) is 25.1 Å². The predicted molar refractivity (Wildman–Crippen MR) is 123 cm³/mol. The Hall–Kier alpha value is -1.86. The lowest BCUT2D eigenvalue weighted by atomic mass is 10.1. The molecule has 0 saturated heterocycles. The van der Waals surface area contributed by atoms with Crippen LogP contribution in [0.1, 0.15) is 5.89 Å². The van der Waals surface area contributed by atoms with E-state index in [-0.39, 0.29) is 6.29 Å². The zero-order valence-electron chi connectivity index (χ0n) is 15.7. The van der Waals surface area contributed by atoms with Gasteiger partial charge in [-0.1, -0.05) is 52.6 Å². The van der Waals surface area contributed by atoms with Gasteiger partial charge in [-0.2, -0.15) is 4.98 Å². The first kappa shape index (κ1) is 21.4. The molecule has 3 aromatic carbocycles. The number of fused-ring (bicyclic) bond motifs is 1. The van der Waals surface area contributed by atoms with E-state index < -0.39 is 8.38 Å². The van der Waals surface area contributed by atoms with Crippen LogP contribution in [0.4, 0.5) is 5.69 Å². The van der Waals surface area contributed by atoms with Crippen molar-refractivity contribution < 1.29 is 14.3 Å². The van der Waals surface area contributed by atoms with Gasteiger partial charge in [0.25, 0.3) is 0 Å². The minimum absolute atomic E-state index is 0.0506. The number of halogens is 2. The van der Waals surface area contributed by atoms with Crippen molar-refractivity contribution in [1.29, 1.82) is 0 Å². The first-order valence-corrected chi connectivity index (χ1v) is 11.8. The van der Waals surface area contributed by atoms with Gasteiger partial charge in [0.05, 0.1) is 12.0 Å². The molecule has 0 amide bonds. The highest BCUT2D eigenvalue weighted by Gasteiger charge is 2.17. The van der Waals surface area contributed by atoms with Crippen LogP contribution < -0.4 is 4.31 Å². The first-order valence-electron chi connectivity index (χ1n) is 8.79. The molecule has 0 saturated carbocycles. The van der Waals surface area contributed by atoms with Crippen LogP contribution in [-0.2, 0) is 0 Å². The standard InChI is InChI=1S/C20H16Cl2N3O3PS/c1-12-23-20(24-28-12)14-5-6-18-13(7-14)3-2-4-19(18)25(11-29(26)27)30-17-9-15(21)8-16(22)10-17/h2-10,26-27H,11H2,1H3. The lowest BCUT2D eigenvalue weighted by Crippen LogP contribution is -2.15. The first-order chi connectivity index (χ1) is 14.4. The minimum atomic E-state index is -2.16. The molecule has 10 heteroatoms. The fourth-order valence-electron chi connectivity index (χ4n) is 3.02. The Labute approximate surface area is 188 Å². The van der Waals surface area contributed by atoms with E-state index in [9.17, 15) is 9.79 Å². The van der Waals surface area contributed by atoms with Crippen molar-refractivity contribution in [3.05, 3.63) is 70.5 Å². The number of nitrogens with zero attached hydrogens (tertiary/aromatic N) is 3. The van der Waals surface area contributed by atoms with Crippen LogP contribution in [0.2, 0.25) is 10.0 Å². The highest BCUT2D eigenvalue weighted by molar-refractivity contribution is 8.01. The van der Waals surface area contributed by atoms with Gasteiger partial charge < -0.3 is 18.6 Å². The van der Waals surface area contributed by atoms with Crippen molar-refractivity contribution in [3.63, 3.8) is 0 Å². The molecule has 4 rings (SSSR count). The monoisotopic (exact) mass is 479 g/mol. The van der Waals surface area contributed by atoms with Gasteiger partial charge in [-0.15, -0.1) is 0 Å². The number of benzene rings is 3. The van der Waals surface area contributed by atoms with Crippen molar-refractivity contribution in [1.82, 2.24) is 10.1 Å². The summed E-state index contributed by atoms with van der Waals surface area (Å²) >= 11 is 13.6. The molecule has 6 nitrogen and oxygen atoms in total. The van der Waals surface area contributed by atoms with E-state index in [0.717, 1.165) is 26.9 Å². The number of aromatic nitrogens is 2. The van der Waals surface area contributed by atoms with E-state index in [2.05, 4.69) is 10.1 Å². The molecule has 0 radical (unpaired) electrons. The summed E-state index contributed by atoms with van der Waals surface area (Å²) in [5, 5.41) is 6.90. The molecule has 154 valence electrons.